The second kappa shape index (κ2) is 7.07. The van der Waals surface area contributed by atoms with Crippen LogP contribution in [0.5, 0.6) is 0 Å². The minimum atomic E-state index is -0.626. The average Bonchev–Trinajstić information content (AvgIpc) is 3.29. The first kappa shape index (κ1) is 15.9. The Morgan fingerprint density at radius 1 is 1.29 bits per heavy atom. The number of para-hydroxylation sites is 1. The van der Waals surface area contributed by atoms with Crippen LogP contribution in [0.3, 0.4) is 0 Å². The van der Waals surface area contributed by atoms with Gasteiger partial charge in [-0.1, -0.05) is 18.2 Å². The predicted octanol–water partition coefficient (Wildman–Crippen LogP) is 0.936. The molecule has 1 amide bonds. The van der Waals surface area contributed by atoms with Crippen LogP contribution in [0.1, 0.15) is 18.7 Å². The zero-order chi connectivity index (χ0) is 16.9. The molecule has 1 aliphatic heterocycles. The summed E-state index contributed by atoms with van der Waals surface area (Å²) in [4.78, 5) is 25.3. The number of nitrogens with zero attached hydrogens (tertiary/aromatic N) is 5. The van der Waals surface area contributed by atoms with Gasteiger partial charge in [-0.15, -0.1) is 5.10 Å². The second-order valence-electron chi connectivity index (χ2n) is 5.27. The summed E-state index contributed by atoms with van der Waals surface area (Å²) >= 11 is 0. The van der Waals surface area contributed by atoms with Gasteiger partial charge in [-0.3, -0.25) is 4.90 Å². The van der Waals surface area contributed by atoms with E-state index in [9.17, 15) is 9.59 Å². The molecule has 1 saturated heterocycles. The Morgan fingerprint density at radius 2 is 2.08 bits per heavy atom. The molecule has 0 spiro atoms. The Bertz CT molecular complexity index is 718. The highest BCUT2D eigenvalue weighted by molar-refractivity contribution is 5.82. The smallest absolute Gasteiger partial charge is 0.410 e. The Hall–Kier alpha value is -2.97. The number of tetrazole rings is 1. The molecule has 2 aromatic rings. The lowest BCUT2D eigenvalue weighted by Crippen LogP contribution is -2.41. The molecule has 1 atom stereocenters. The lowest BCUT2D eigenvalue weighted by molar-refractivity contribution is -0.150. The number of carbonyl (C=O) groups is 2. The van der Waals surface area contributed by atoms with Crippen LogP contribution >= 0.6 is 0 Å². The van der Waals surface area contributed by atoms with E-state index in [-0.39, 0.29) is 6.61 Å². The van der Waals surface area contributed by atoms with Crippen molar-refractivity contribution < 1.29 is 19.1 Å². The first-order valence-electron chi connectivity index (χ1n) is 7.54. The molecule has 0 radical (unpaired) electrons. The SMILES string of the molecule is COC(=O)N1CCC[C@H]1C(=O)OCc1nnnn1-c1ccccc1. The summed E-state index contributed by atoms with van der Waals surface area (Å²) in [5, 5.41) is 11.4. The standard InChI is InChI=1S/C15H17N5O4/c1-23-15(22)19-9-5-8-12(19)14(21)24-10-13-16-17-18-20(13)11-6-3-2-4-7-11/h2-4,6-7,12H,5,8-10H2,1H3/t12-/m0/s1. The van der Waals surface area contributed by atoms with Gasteiger partial charge >= 0.3 is 12.1 Å². The maximum Gasteiger partial charge on any atom is 0.410 e. The van der Waals surface area contributed by atoms with Crippen molar-refractivity contribution in [3.05, 3.63) is 36.2 Å². The molecular formula is C15H17N5O4. The van der Waals surface area contributed by atoms with Crippen molar-refractivity contribution >= 4 is 12.1 Å². The van der Waals surface area contributed by atoms with Crippen molar-refractivity contribution in [2.24, 2.45) is 0 Å². The van der Waals surface area contributed by atoms with Crippen LogP contribution in [-0.4, -0.2) is 56.9 Å². The molecule has 2 heterocycles. The molecule has 24 heavy (non-hydrogen) atoms. The predicted molar refractivity (Wildman–Crippen MR) is 81.1 cm³/mol. The molecule has 0 unspecified atom stereocenters. The maximum atomic E-state index is 12.3. The molecule has 0 saturated carbocycles. The third-order valence-corrected chi connectivity index (χ3v) is 3.81. The molecule has 1 fully saturated rings. The molecule has 9 heteroatoms. The Kier molecular flexibility index (Phi) is 4.69. The molecular weight excluding hydrogens is 314 g/mol. The zero-order valence-corrected chi connectivity index (χ0v) is 13.2. The molecule has 1 aromatic heterocycles. The van der Waals surface area contributed by atoms with E-state index in [4.69, 9.17) is 4.74 Å². The number of aromatic nitrogens is 4. The average molecular weight is 331 g/mol. The first-order valence-corrected chi connectivity index (χ1v) is 7.54. The van der Waals surface area contributed by atoms with Gasteiger partial charge in [0.05, 0.1) is 12.8 Å². The van der Waals surface area contributed by atoms with Crippen molar-refractivity contribution in [2.45, 2.75) is 25.5 Å². The van der Waals surface area contributed by atoms with E-state index < -0.39 is 18.1 Å². The van der Waals surface area contributed by atoms with Crippen LogP contribution in [0, 0.1) is 0 Å². The third kappa shape index (κ3) is 3.19. The van der Waals surface area contributed by atoms with Crippen molar-refractivity contribution in [1.82, 2.24) is 25.1 Å². The molecule has 3 rings (SSSR count). The van der Waals surface area contributed by atoms with Gasteiger partial charge in [0.15, 0.2) is 12.4 Å². The number of methoxy groups -OCH3 is 1. The summed E-state index contributed by atoms with van der Waals surface area (Å²) in [5.74, 6) is -0.0855. The van der Waals surface area contributed by atoms with Crippen LogP contribution in [0.4, 0.5) is 4.79 Å². The fourth-order valence-electron chi connectivity index (χ4n) is 2.64. The van der Waals surface area contributed by atoms with Crippen LogP contribution in [0.15, 0.2) is 30.3 Å². The number of ether oxygens (including phenoxy) is 2. The van der Waals surface area contributed by atoms with Crippen molar-refractivity contribution in [2.75, 3.05) is 13.7 Å². The summed E-state index contributed by atoms with van der Waals surface area (Å²) in [6, 6.07) is 8.67. The van der Waals surface area contributed by atoms with Crippen molar-refractivity contribution in [1.29, 1.82) is 0 Å². The summed E-state index contributed by atoms with van der Waals surface area (Å²) in [5.41, 5.74) is 0.769. The number of hydrogen-bond acceptors (Lipinski definition) is 7. The van der Waals surface area contributed by atoms with E-state index in [0.717, 1.165) is 12.1 Å². The quantitative estimate of drug-likeness (QED) is 0.769. The number of benzene rings is 1. The molecule has 0 bridgehead atoms. The van der Waals surface area contributed by atoms with Crippen LogP contribution in [0.2, 0.25) is 0 Å². The highest BCUT2D eigenvalue weighted by Crippen LogP contribution is 2.20. The van der Waals surface area contributed by atoms with Gasteiger partial charge in [-0.25, -0.2) is 9.59 Å². The molecule has 0 aliphatic carbocycles. The molecule has 1 aliphatic rings. The highest BCUT2D eigenvalue weighted by atomic mass is 16.6. The van der Waals surface area contributed by atoms with E-state index in [1.54, 1.807) is 0 Å². The third-order valence-electron chi connectivity index (χ3n) is 3.81. The van der Waals surface area contributed by atoms with E-state index in [0.29, 0.717) is 18.8 Å². The number of rotatable bonds is 4. The van der Waals surface area contributed by atoms with Gasteiger partial charge < -0.3 is 9.47 Å². The second-order valence-corrected chi connectivity index (χ2v) is 5.27. The monoisotopic (exact) mass is 331 g/mol. The van der Waals surface area contributed by atoms with E-state index >= 15 is 0 Å². The van der Waals surface area contributed by atoms with Gasteiger partial charge in [0.2, 0.25) is 0 Å². The Labute approximate surface area is 138 Å². The van der Waals surface area contributed by atoms with Crippen LogP contribution in [0.25, 0.3) is 5.69 Å². The van der Waals surface area contributed by atoms with Gasteiger partial charge in [-0.05, 0) is 35.4 Å². The summed E-state index contributed by atoms with van der Waals surface area (Å²) in [6.45, 7) is 0.403. The minimum Gasteiger partial charge on any atom is -0.456 e. The number of esters is 1. The number of likely N-dealkylation sites (tertiary alicyclic amines) is 1. The Balaban J connectivity index is 1.65. The normalized spacial score (nSPS) is 16.9. The number of hydrogen-bond donors (Lipinski definition) is 0. The minimum absolute atomic E-state index is 0.0771. The zero-order valence-electron chi connectivity index (χ0n) is 13.2. The van der Waals surface area contributed by atoms with E-state index in [1.807, 2.05) is 30.3 Å². The number of amides is 1. The Morgan fingerprint density at radius 3 is 2.83 bits per heavy atom. The lowest BCUT2D eigenvalue weighted by atomic mass is 10.2. The first-order chi connectivity index (χ1) is 11.7. The summed E-state index contributed by atoms with van der Waals surface area (Å²) < 4.78 is 11.5. The topological polar surface area (TPSA) is 99.4 Å². The van der Waals surface area contributed by atoms with Gasteiger partial charge in [-0.2, -0.15) is 4.68 Å². The molecule has 0 N–H and O–H groups in total. The van der Waals surface area contributed by atoms with Crippen molar-refractivity contribution in [3.63, 3.8) is 0 Å². The number of carbonyl (C=O) groups excluding carboxylic acids is 2. The summed E-state index contributed by atoms with van der Waals surface area (Å²) in [6.07, 6.45) is 0.761. The van der Waals surface area contributed by atoms with E-state index in [2.05, 4.69) is 20.3 Å². The van der Waals surface area contributed by atoms with Gasteiger partial charge in [0, 0.05) is 6.54 Å². The lowest BCUT2D eigenvalue weighted by Gasteiger charge is -2.21. The fourth-order valence-corrected chi connectivity index (χ4v) is 2.64. The van der Waals surface area contributed by atoms with Gasteiger partial charge in [0.1, 0.15) is 6.04 Å². The van der Waals surface area contributed by atoms with Crippen molar-refractivity contribution in [3.8, 4) is 5.69 Å². The molecule has 126 valence electrons. The molecule has 1 aromatic carbocycles. The fraction of sp³-hybridized carbons (Fsp3) is 0.400. The molecule has 9 nitrogen and oxygen atoms in total. The van der Waals surface area contributed by atoms with Crippen LogP contribution in [-0.2, 0) is 20.9 Å². The van der Waals surface area contributed by atoms with Gasteiger partial charge in [0.25, 0.3) is 0 Å². The largest absolute Gasteiger partial charge is 0.456 e. The van der Waals surface area contributed by atoms with Crippen LogP contribution < -0.4 is 0 Å². The maximum absolute atomic E-state index is 12.3. The highest BCUT2D eigenvalue weighted by Gasteiger charge is 2.36. The summed E-state index contributed by atoms with van der Waals surface area (Å²) in [7, 11) is 1.29. The van der Waals surface area contributed by atoms with E-state index in [1.165, 1.54) is 16.7 Å².